The normalized spacial score (nSPS) is 10.3. The molecule has 2 aromatic rings. The number of carbonyl (C=O) groups excluding carboxylic acids is 1. The van der Waals surface area contributed by atoms with Gasteiger partial charge in [-0.05, 0) is 12.5 Å². The maximum Gasteiger partial charge on any atom is 0.303 e. The van der Waals surface area contributed by atoms with Crippen LogP contribution in [0.4, 0.5) is 0 Å². The minimum atomic E-state index is -0.969. The van der Waals surface area contributed by atoms with Gasteiger partial charge in [-0.15, -0.1) is 11.3 Å². The van der Waals surface area contributed by atoms with Crippen molar-refractivity contribution in [2.24, 2.45) is 0 Å². The van der Waals surface area contributed by atoms with E-state index in [4.69, 9.17) is 5.11 Å². The molecule has 0 aliphatic rings. The zero-order valence-electron chi connectivity index (χ0n) is 11.6. The second-order valence-electron chi connectivity index (χ2n) is 4.62. The summed E-state index contributed by atoms with van der Waals surface area (Å²) < 4.78 is 0. The molecular weight excluding hydrogens is 288 g/mol. The van der Waals surface area contributed by atoms with Crippen LogP contribution in [0.3, 0.4) is 0 Å². The van der Waals surface area contributed by atoms with Crippen molar-refractivity contribution in [3.63, 3.8) is 0 Å². The lowest BCUT2D eigenvalue weighted by Crippen LogP contribution is -2.23. The molecule has 0 fully saturated rings. The van der Waals surface area contributed by atoms with Crippen LogP contribution in [0.5, 0.6) is 0 Å². The lowest BCUT2D eigenvalue weighted by Gasteiger charge is -2.08. The van der Waals surface area contributed by atoms with E-state index < -0.39 is 5.97 Å². The molecule has 2 rings (SSSR count). The number of hydrogen-bond donors (Lipinski definition) is 2. The number of hydrogen-bond acceptors (Lipinski definition) is 4. The fourth-order valence-electron chi connectivity index (χ4n) is 1.86. The largest absolute Gasteiger partial charge is 0.481 e. The number of carboxylic acids is 1. The van der Waals surface area contributed by atoms with Crippen LogP contribution >= 0.6 is 11.3 Å². The maximum atomic E-state index is 11.6. The number of thiazole rings is 1. The van der Waals surface area contributed by atoms with E-state index in [-0.39, 0.29) is 18.7 Å². The van der Waals surface area contributed by atoms with Gasteiger partial charge in [0.2, 0.25) is 5.91 Å². The zero-order valence-corrected chi connectivity index (χ0v) is 12.4. The summed E-state index contributed by atoms with van der Waals surface area (Å²) in [6.07, 6.45) is -0.160. The number of nitrogens with zero attached hydrogens (tertiary/aromatic N) is 1. The molecule has 5 nitrogen and oxygen atoms in total. The van der Waals surface area contributed by atoms with Crippen LogP contribution in [0.2, 0.25) is 0 Å². The van der Waals surface area contributed by atoms with Gasteiger partial charge in [0.1, 0.15) is 5.01 Å². The average molecular weight is 304 g/mol. The first-order valence-electron chi connectivity index (χ1n) is 6.55. The molecule has 110 valence electrons. The second-order valence-corrected chi connectivity index (χ2v) is 5.48. The molecule has 2 N–H and O–H groups in total. The first-order valence-corrected chi connectivity index (χ1v) is 7.43. The van der Waals surface area contributed by atoms with Crippen LogP contribution in [0.15, 0.2) is 29.6 Å². The van der Waals surface area contributed by atoms with Crippen LogP contribution in [0.1, 0.15) is 24.1 Å². The van der Waals surface area contributed by atoms with E-state index in [9.17, 15) is 9.59 Å². The Bertz CT molecular complexity index is 652. The molecule has 0 radical (unpaired) electrons. The van der Waals surface area contributed by atoms with E-state index >= 15 is 0 Å². The molecule has 21 heavy (non-hydrogen) atoms. The number of amides is 1. The average Bonchev–Trinajstić information content (AvgIpc) is 2.89. The van der Waals surface area contributed by atoms with Crippen LogP contribution in [-0.2, 0) is 16.1 Å². The van der Waals surface area contributed by atoms with E-state index in [1.807, 2.05) is 36.6 Å². The first kappa shape index (κ1) is 15.2. The Balaban J connectivity index is 2.04. The monoisotopic (exact) mass is 304 g/mol. The smallest absolute Gasteiger partial charge is 0.303 e. The predicted octanol–water partition coefficient (Wildman–Crippen LogP) is 2.60. The minimum absolute atomic E-state index is 0.00609. The van der Waals surface area contributed by atoms with E-state index in [1.165, 1.54) is 0 Å². The van der Waals surface area contributed by atoms with Crippen molar-refractivity contribution >= 4 is 23.2 Å². The van der Waals surface area contributed by atoms with Crippen LogP contribution in [-0.4, -0.2) is 22.0 Å². The molecule has 0 spiro atoms. The van der Waals surface area contributed by atoms with Gasteiger partial charge in [-0.1, -0.05) is 24.3 Å². The summed E-state index contributed by atoms with van der Waals surface area (Å²) in [5.41, 5.74) is 2.93. The number of aryl methyl sites for hydroxylation is 1. The summed E-state index contributed by atoms with van der Waals surface area (Å²) in [6, 6.07) is 7.74. The molecule has 0 bridgehead atoms. The zero-order chi connectivity index (χ0) is 15.2. The van der Waals surface area contributed by atoms with Gasteiger partial charge in [-0.3, -0.25) is 9.59 Å². The fraction of sp³-hybridized carbons (Fsp3) is 0.267. The third-order valence-corrected chi connectivity index (χ3v) is 3.90. The van der Waals surface area contributed by atoms with Gasteiger partial charge < -0.3 is 10.4 Å². The Hall–Kier alpha value is -2.21. The second kappa shape index (κ2) is 6.99. The number of nitrogens with one attached hydrogen (secondary N) is 1. The van der Waals surface area contributed by atoms with Crippen LogP contribution in [0, 0.1) is 6.92 Å². The van der Waals surface area contributed by atoms with Crippen LogP contribution < -0.4 is 5.32 Å². The van der Waals surface area contributed by atoms with Crippen molar-refractivity contribution in [1.82, 2.24) is 10.3 Å². The summed E-state index contributed by atoms with van der Waals surface area (Å²) in [6.45, 7) is 2.31. The molecular formula is C15H16N2O3S. The molecule has 0 atom stereocenters. The SMILES string of the molecule is Cc1csc(-c2ccccc2CNC(=O)CCC(=O)O)n1. The van der Waals surface area contributed by atoms with Crippen molar-refractivity contribution in [2.75, 3.05) is 0 Å². The van der Waals surface area contributed by atoms with Gasteiger partial charge in [-0.2, -0.15) is 0 Å². The Labute approximate surface area is 126 Å². The highest BCUT2D eigenvalue weighted by Gasteiger charge is 2.10. The van der Waals surface area contributed by atoms with Gasteiger partial charge in [0.25, 0.3) is 0 Å². The molecule has 1 aromatic carbocycles. The van der Waals surface area contributed by atoms with E-state index in [0.717, 1.165) is 21.8 Å². The Kier molecular flexibility index (Phi) is 5.05. The maximum absolute atomic E-state index is 11.6. The predicted molar refractivity (Wildman–Crippen MR) is 81.0 cm³/mol. The molecule has 0 unspecified atom stereocenters. The molecule has 0 saturated carbocycles. The fourth-order valence-corrected chi connectivity index (χ4v) is 2.72. The highest BCUT2D eigenvalue weighted by Crippen LogP contribution is 2.26. The number of carbonyl (C=O) groups is 2. The highest BCUT2D eigenvalue weighted by atomic mass is 32.1. The van der Waals surface area contributed by atoms with Crippen molar-refractivity contribution in [3.8, 4) is 10.6 Å². The topological polar surface area (TPSA) is 79.3 Å². The summed E-state index contributed by atoms with van der Waals surface area (Å²) in [5, 5.41) is 14.2. The highest BCUT2D eigenvalue weighted by molar-refractivity contribution is 7.13. The summed E-state index contributed by atoms with van der Waals surface area (Å²) in [4.78, 5) is 26.5. The van der Waals surface area contributed by atoms with E-state index in [0.29, 0.717) is 6.54 Å². The molecule has 1 aromatic heterocycles. The minimum Gasteiger partial charge on any atom is -0.481 e. The third kappa shape index (κ3) is 4.39. The quantitative estimate of drug-likeness (QED) is 0.859. The van der Waals surface area contributed by atoms with E-state index in [1.54, 1.807) is 11.3 Å². The first-order chi connectivity index (χ1) is 10.1. The van der Waals surface area contributed by atoms with Gasteiger partial charge >= 0.3 is 5.97 Å². The lowest BCUT2D eigenvalue weighted by molar-refractivity contribution is -0.138. The summed E-state index contributed by atoms with van der Waals surface area (Å²) in [7, 11) is 0. The van der Waals surface area contributed by atoms with Crippen molar-refractivity contribution in [3.05, 3.63) is 40.9 Å². The number of aromatic nitrogens is 1. The van der Waals surface area contributed by atoms with Gasteiger partial charge in [0.15, 0.2) is 0 Å². The Morgan fingerprint density at radius 2 is 2.05 bits per heavy atom. The third-order valence-electron chi connectivity index (χ3n) is 2.91. The molecule has 0 aliphatic carbocycles. The van der Waals surface area contributed by atoms with Crippen molar-refractivity contribution in [2.45, 2.75) is 26.3 Å². The van der Waals surface area contributed by atoms with Gasteiger partial charge in [0, 0.05) is 29.6 Å². The van der Waals surface area contributed by atoms with Crippen LogP contribution in [0.25, 0.3) is 10.6 Å². The van der Waals surface area contributed by atoms with E-state index in [2.05, 4.69) is 10.3 Å². The van der Waals surface area contributed by atoms with Gasteiger partial charge in [-0.25, -0.2) is 4.98 Å². The number of rotatable bonds is 6. The Morgan fingerprint density at radius 1 is 1.29 bits per heavy atom. The standard InChI is InChI=1S/C15H16N2O3S/c1-10-9-21-15(17-10)12-5-3-2-4-11(12)8-16-13(18)6-7-14(19)20/h2-5,9H,6-8H2,1H3,(H,16,18)(H,19,20). The van der Waals surface area contributed by atoms with Gasteiger partial charge in [0.05, 0.1) is 6.42 Å². The number of aliphatic carboxylic acids is 1. The summed E-state index contributed by atoms with van der Waals surface area (Å²) >= 11 is 1.56. The summed E-state index contributed by atoms with van der Waals surface area (Å²) in [5.74, 6) is -1.23. The number of benzene rings is 1. The molecule has 0 saturated heterocycles. The van der Waals surface area contributed by atoms with Crippen molar-refractivity contribution < 1.29 is 14.7 Å². The molecule has 0 aliphatic heterocycles. The molecule has 1 heterocycles. The Morgan fingerprint density at radius 3 is 2.71 bits per heavy atom. The lowest BCUT2D eigenvalue weighted by atomic mass is 10.1. The van der Waals surface area contributed by atoms with Crippen molar-refractivity contribution in [1.29, 1.82) is 0 Å². The molecule has 6 heteroatoms. The molecule has 1 amide bonds. The number of carboxylic acid groups (broad SMARTS) is 1.